The lowest BCUT2D eigenvalue weighted by molar-refractivity contribution is 0.134. The highest BCUT2D eigenvalue weighted by Gasteiger charge is 1.97. The molecule has 0 unspecified atom stereocenters. The molecule has 84 valence electrons. The predicted molar refractivity (Wildman–Crippen MR) is 65.1 cm³/mol. The lowest BCUT2D eigenvalue weighted by Gasteiger charge is -2.10. The van der Waals surface area contributed by atoms with E-state index in [0.717, 1.165) is 13.2 Å². The first-order valence-corrected chi connectivity index (χ1v) is 5.63. The molecular formula is C13H21NO. The quantitative estimate of drug-likeness (QED) is 0.773. The molecule has 0 amide bonds. The van der Waals surface area contributed by atoms with Gasteiger partial charge in [-0.25, -0.2) is 0 Å². The Balaban J connectivity index is 2.50. The van der Waals surface area contributed by atoms with Gasteiger partial charge in [-0.2, -0.15) is 0 Å². The topological polar surface area (TPSA) is 21.3 Å². The van der Waals surface area contributed by atoms with Gasteiger partial charge >= 0.3 is 0 Å². The Labute approximate surface area is 92.6 Å². The Bertz CT molecular complexity index is 284. The van der Waals surface area contributed by atoms with Crippen LogP contribution in [0.25, 0.3) is 0 Å². The number of anilines is 1. The molecule has 0 radical (unpaired) electrons. The van der Waals surface area contributed by atoms with Crippen molar-refractivity contribution in [3.63, 3.8) is 0 Å². The van der Waals surface area contributed by atoms with Crippen LogP contribution in [-0.2, 0) is 11.3 Å². The van der Waals surface area contributed by atoms with Gasteiger partial charge in [-0.3, -0.25) is 0 Å². The molecule has 0 aromatic heterocycles. The minimum absolute atomic E-state index is 0.667. The zero-order chi connectivity index (χ0) is 11.1. The van der Waals surface area contributed by atoms with E-state index in [1.807, 2.05) is 6.92 Å². The summed E-state index contributed by atoms with van der Waals surface area (Å²) in [6, 6.07) is 8.41. The van der Waals surface area contributed by atoms with E-state index in [9.17, 15) is 0 Å². The Morgan fingerprint density at radius 2 is 2.13 bits per heavy atom. The molecule has 1 aromatic carbocycles. The third-order valence-electron chi connectivity index (χ3n) is 2.11. The fourth-order valence-electron chi connectivity index (χ4n) is 1.31. The lowest BCUT2D eigenvalue weighted by atomic mass is 10.2. The molecule has 0 bridgehead atoms. The van der Waals surface area contributed by atoms with E-state index in [1.165, 1.54) is 11.3 Å². The molecule has 1 aromatic rings. The molecule has 0 saturated heterocycles. The van der Waals surface area contributed by atoms with Crippen LogP contribution in [0.4, 0.5) is 5.69 Å². The minimum Gasteiger partial charge on any atom is -0.385 e. The molecule has 1 rings (SSSR count). The Morgan fingerprint density at radius 3 is 2.80 bits per heavy atom. The number of rotatable bonds is 6. The van der Waals surface area contributed by atoms with Crippen LogP contribution in [0.1, 0.15) is 26.3 Å². The Kier molecular flexibility index (Phi) is 5.19. The van der Waals surface area contributed by atoms with Crippen LogP contribution in [0.2, 0.25) is 0 Å². The molecule has 0 atom stereocenters. The van der Waals surface area contributed by atoms with Gasteiger partial charge in [-0.05, 0) is 30.5 Å². The molecule has 0 aliphatic carbocycles. The van der Waals surface area contributed by atoms with E-state index in [1.54, 1.807) is 0 Å². The van der Waals surface area contributed by atoms with Crippen molar-refractivity contribution in [2.24, 2.45) is 5.92 Å². The highest BCUT2D eigenvalue weighted by Crippen LogP contribution is 2.12. The molecule has 0 fully saturated rings. The number of benzene rings is 1. The molecule has 0 saturated carbocycles. The first-order valence-electron chi connectivity index (χ1n) is 5.63. The monoisotopic (exact) mass is 207 g/mol. The summed E-state index contributed by atoms with van der Waals surface area (Å²) >= 11 is 0. The molecular weight excluding hydrogens is 186 g/mol. The fourth-order valence-corrected chi connectivity index (χ4v) is 1.31. The first kappa shape index (κ1) is 12.1. The summed E-state index contributed by atoms with van der Waals surface area (Å²) in [6.07, 6.45) is 0. The van der Waals surface area contributed by atoms with Crippen molar-refractivity contribution in [2.45, 2.75) is 27.4 Å². The van der Waals surface area contributed by atoms with Gasteiger partial charge in [0.1, 0.15) is 0 Å². The van der Waals surface area contributed by atoms with Gasteiger partial charge < -0.3 is 10.1 Å². The molecule has 0 heterocycles. The third kappa shape index (κ3) is 4.84. The average molecular weight is 207 g/mol. The van der Waals surface area contributed by atoms with Gasteiger partial charge in [-0.1, -0.05) is 26.0 Å². The summed E-state index contributed by atoms with van der Waals surface area (Å²) < 4.78 is 5.37. The maximum Gasteiger partial charge on any atom is 0.0717 e. The summed E-state index contributed by atoms with van der Waals surface area (Å²) in [5.41, 5.74) is 2.41. The van der Waals surface area contributed by atoms with Gasteiger partial charge in [-0.15, -0.1) is 0 Å². The highest BCUT2D eigenvalue weighted by molar-refractivity contribution is 5.45. The van der Waals surface area contributed by atoms with E-state index in [4.69, 9.17) is 4.74 Å². The van der Waals surface area contributed by atoms with Crippen molar-refractivity contribution in [3.8, 4) is 0 Å². The molecule has 0 aliphatic rings. The molecule has 0 aliphatic heterocycles. The summed E-state index contributed by atoms with van der Waals surface area (Å²) in [4.78, 5) is 0. The summed E-state index contributed by atoms with van der Waals surface area (Å²) in [7, 11) is 0. The molecule has 1 N–H and O–H groups in total. The molecule has 15 heavy (non-hydrogen) atoms. The average Bonchev–Trinajstić information content (AvgIpc) is 2.24. The van der Waals surface area contributed by atoms with Gasteiger partial charge in [0.05, 0.1) is 6.61 Å². The largest absolute Gasteiger partial charge is 0.385 e. The second-order valence-electron chi connectivity index (χ2n) is 4.11. The van der Waals surface area contributed by atoms with Gasteiger partial charge in [0.25, 0.3) is 0 Å². The Morgan fingerprint density at radius 1 is 1.33 bits per heavy atom. The molecule has 2 heteroatoms. The molecule has 0 spiro atoms. The van der Waals surface area contributed by atoms with Crippen LogP contribution in [0.3, 0.4) is 0 Å². The minimum atomic E-state index is 0.667. The van der Waals surface area contributed by atoms with Crippen LogP contribution >= 0.6 is 0 Å². The normalized spacial score (nSPS) is 10.7. The van der Waals surface area contributed by atoms with Gasteiger partial charge in [0.2, 0.25) is 0 Å². The van der Waals surface area contributed by atoms with E-state index in [2.05, 4.69) is 43.4 Å². The van der Waals surface area contributed by atoms with Gasteiger partial charge in [0, 0.05) is 18.8 Å². The van der Waals surface area contributed by atoms with Crippen LogP contribution in [0, 0.1) is 5.92 Å². The van der Waals surface area contributed by atoms with E-state index in [0.29, 0.717) is 12.5 Å². The van der Waals surface area contributed by atoms with Gasteiger partial charge in [0.15, 0.2) is 0 Å². The van der Waals surface area contributed by atoms with E-state index >= 15 is 0 Å². The Hall–Kier alpha value is -1.02. The zero-order valence-corrected chi connectivity index (χ0v) is 9.92. The van der Waals surface area contributed by atoms with Crippen molar-refractivity contribution in [1.82, 2.24) is 0 Å². The smallest absolute Gasteiger partial charge is 0.0717 e. The van der Waals surface area contributed by atoms with Crippen molar-refractivity contribution in [3.05, 3.63) is 29.8 Å². The fraction of sp³-hybridized carbons (Fsp3) is 0.538. The van der Waals surface area contributed by atoms with Crippen LogP contribution in [-0.4, -0.2) is 13.2 Å². The summed E-state index contributed by atoms with van der Waals surface area (Å²) in [5, 5.41) is 3.41. The lowest BCUT2D eigenvalue weighted by Crippen LogP contribution is -2.08. The maximum atomic E-state index is 5.37. The highest BCUT2D eigenvalue weighted by atomic mass is 16.5. The number of hydrogen-bond donors (Lipinski definition) is 1. The second-order valence-corrected chi connectivity index (χ2v) is 4.11. The number of ether oxygens (including phenoxy) is 1. The van der Waals surface area contributed by atoms with Crippen molar-refractivity contribution in [1.29, 1.82) is 0 Å². The zero-order valence-electron chi connectivity index (χ0n) is 9.92. The number of hydrogen-bond acceptors (Lipinski definition) is 2. The number of nitrogens with one attached hydrogen (secondary N) is 1. The molecule has 2 nitrogen and oxygen atoms in total. The standard InChI is InChI=1S/C13H21NO/c1-4-15-10-12-6-5-7-13(8-12)14-9-11(2)3/h5-8,11,14H,4,9-10H2,1-3H3. The maximum absolute atomic E-state index is 5.37. The van der Waals surface area contributed by atoms with Crippen molar-refractivity contribution >= 4 is 5.69 Å². The van der Waals surface area contributed by atoms with E-state index in [-0.39, 0.29) is 0 Å². The summed E-state index contributed by atoms with van der Waals surface area (Å²) in [6.45, 7) is 8.91. The second kappa shape index (κ2) is 6.46. The third-order valence-corrected chi connectivity index (χ3v) is 2.11. The van der Waals surface area contributed by atoms with E-state index < -0.39 is 0 Å². The van der Waals surface area contributed by atoms with Crippen molar-refractivity contribution in [2.75, 3.05) is 18.5 Å². The summed E-state index contributed by atoms with van der Waals surface area (Å²) in [5.74, 6) is 0.667. The first-order chi connectivity index (χ1) is 7.22. The van der Waals surface area contributed by atoms with Crippen molar-refractivity contribution < 1.29 is 4.74 Å². The van der Waals surface area contributed by atoms with Crippen LogP contribution in [0.5, 0.6) is 0 Å². The van der Waals surface area contributed by atoms with Crippen LogP contribution in [0.15, 0.2) is 24.3 Å². The SMILES string of the molecule is CCOCc1cccc(NCC(C)C)c1. The van der Waals surface area contributed by atoms with Crippen LogP contribution < -0.4 is 5.32 Å². The predicted octanol–water partition coefficient (Wildman–Crippen LogP) is 3.29.